The van der Waals surface area contributed by atoms with Crippen molar-refractivity contribution in [2.24, 2.45) is 0 Å². The van der Waals surface area contributed by atoms with Gasteiger partial charge < -0.3 is 20.1 Å². The van der Waals surface area contributed by atoms with Crippen molar-refractivity contribution in [2.45, 2.75) is 0 Å². The molecule has 24 heavy (non-hydrogen) atoms. The maximum atomic E-state index is 12.0. The average Bonchev–Trinajstić information content (AvgIpc) is 2.58. The van der Waals surface area contributed by atoms with Gasteiger partial charge >= 0.3 is 11.8 Å². The van der Waals surface area contributed by atoms with Gasteiger partial charge in [0.2, 0.25) is 0 Å². The molecule has 0 radical (unpaired) electrons. The lowest BCUT2D eigenvalue weighted by molar-refractivity contribution is -0.133. The normalized spacial score (nSPS) is 10.0. The Bertz CT molecular complexity index is 781. The maximum Gasteiger partial charge on any atom is 0.314 e. The first-order valence-corrected chi connectivity index (χ1v) is 7.49. The molecule has 0 aliphatic heterocycles. The quantitative estimate of drug-likeness (QED) is 0.808. The van der Waals surface area contributed by atoms with Gasteiger partial charge in [0, 0.05) is 11.8 Å². The van der Waals surface area contributed by atoms with Gasteiger partial charge in [-0.05, 0) is 30.3 Å². The van der Waals surface area contributed by atoms with E-state index in [1.165, 1.54) is 32.4 Å². The van der Waals surface area contributed by atoms with E-state index in [0.29, 0.717) is 27.9 Å². The van der Waals surface area contributed by atoms with Crippen molar-refractivity contribution in [3.05, 3.63) is 46.4 Å². The summed E-state index contributed by atoms with van der Waals surface area (Å²) in [4.78, 5) is 24.0. The van der Waals surface area contributed by atoms with Crippen LogP contribution >= 0.6 is 23.2 Å². The van der Waals surface area contributed by atoms with Gasteiger partial charge in [0.05, 0.1) is 30.0 Å². The largest absolute Gasteiger partial charge is 0.497 e. The number of halogens is 2. The van der Waals surface area contributed by atoms with Gasteiger partial charge in [-0.1, -0.05) is 23.2 Å². The first kappa shape index (κ1) is 17.9. The molecule has 0 atom stereocenters. The van der Waals surface area contributed by atoms with Gasteiger partial charge in [-0.15, -0.1) is 0 Å². The lowest BCUT2D eigenvalue weighted by Gasteiger charge is -2.11. The second kappa shape index (κ2) is 7.90. The summed E-state index contributed by atoms with van der Waals surface area (Å²) < 4.78 is 10.2. The molecule has 2 aromatic rings. The Hall–Kier alpha value is -2.44. The predicted molar refractivity (Wildman–Crippen MR) is 93.3 cm³/mol. The summed E-state index contributed by atoms with van der Waals surface area (Å²) in [5.74, 6) is -0.786. The summed E-state index contributed by atoms with van der Waals surface area (Å²) in [5, 5.41) is 5.52. The number of carbonyl (C=O) groups excluding carboxylic acids is 2. The van der Waals surface area contributed by atoms with Gasteiger partial charge in [0.15, 0.2) is 0 Å². The lowest BCUT2D eigenvalue weighted by atomic mass is 10.2. The van der Waals surface area contributed by atoms with Gasteiger partial charge in [-0.3, -0.25) is 9.59 Å². The zero-order chi connectivity index (χ0) is 17.7. The van der Waals surface area contributed by atoms with Crippen molar-refractivity contribution in [3.63, 3.8) is 0 Å². The highest BCUT2D eigenvalue weighted by Crippen LogP contribution is 2.29. The van der Waals surface area contributed by atoms with Crippen LogP contribution in [0.15, 0.2) is 36.4 Å². The first-order valence-electron chi connectivity index (χ1n) is 6.74. The number of ether oxygens (including phenoxy) is 2. The molecular formula is C16H14Cl2N2O4. The molecule has 0 unspecified atom stereocenters. The molecule has 0 heterocycles. The Kier molecular flexibility index (Phi) is 5.89. The Morgan fingerprint density at radius 3 is 2.21 bits per heavy atom. The second-order valence-electron chi connectivity index (χ2n) is 4.60. The summed E-state index contributed by atoms with van der Waals surface area (Å²) >= 11 is 11.7. The third-order valence-electron chi connectivity index (χ3n) is 3.04. The molecule has 0 spiro atoms. The Labute approximate surface area is 148 Å². The number of methoxy groups -OCH3 is 2. The molecule has 2 N–H and O–H groups in total. The van der Waals surface area contributed by atoms with Crippen molar-refractivity contribution in [1.29, 1.82) is 0 Å². The number of hydrogen-bond donors (Lipinski definition) is 2. The number of carbonyl (C=O) groups is 2. The van der Waals surface area contributed by atoms with Crippen LogP contribution in [0.1, 0.15) is 0 Å². The van der Waals surface area contributed by atoms with E-state index in [1.54, 1.807) is 18.2 Å². The van der Waals surface area contributed by atoms with E-state index < -0.39 is 11.8 Å². The van der Waals surface area contributed by atoms with Gasteiger partial charge in [0.1, 0.15) is 11.5 Å². The zero-order valence-corrected chi connectivity index (χ0v) is 14.4. The molecule has 2 aromatic carbocycles. The fraction of sp³-hybridized carbons (Fsp3) is 0.125. The van der Waals surface area contributed by atoms with Crippen molar-refractivity contribution >= 4 is 46.4 Å². The molecule has 126 valence electrons. The molecule has 0 aliphatic carbocycles. The van der Waals surface area contributed by atoms with E-state index in [2.05, 4.69) is 10.6 Å². The molecule has 0 fully saturated rings. The van der Waals surface area contributed by atoms with E-state index in [-0.39, 0.29) is 5.02 Å². The summed E-state index contributed by atoms with van der Waals surface area (Å²) in [6, 6.07) is 9.30. The lowest BCUT2D eigenvalue weighted by Crippen LogP contribution is -2.29. The molecule has 0 aliphatic rings. The summed E-state index contributed by atoms with van der Waals surface area (Å²) in [5.41, 5.74) is 0.693. The summed E-state index contributed by atoms with van der Waals surface area (Å²) in [6.07, 6.45) is 0. The van der Waals surface area contributed by atoms with Crippen LogP contribution in [0, 0.1) is 0 Å². The van der Waals surface area contributed by atoms with Crippen LogP contribution in [0.4, 0.5) is 11.4 Å². The van der Waals surface area contributed by atoms with Crippen LogP contribution in [0.2, 0.25) is 10.0 Å². The zero-order valence-electron chi connectivity index (χ0n) is 12.9. The van der Waals surface area contributed by atoms with Crippen molar-refractivity contribution < 1.29 is 19.1 Å². The fourth-order valence-electron chi connectivity index (χ4n) is 1.84. The Morgan fingerprint density at radius 1 is 0.875 bits per heavy atom. The number of hydrogen-bond acceptors (Lipinski definition) is 4. The molecule has 2 rings (SSSR count). The Balaban J connectivity index is 2.08. The SMILES string of the molecule is COc1ccc(NC(=O)C(=O)Nc2ccc(Cl)c(Cl)c2)c(OC)c1. The summed E-state index contributed by atoms with van der Waals surface area (Å²) in [7, 11) is 2.96. The number of benzene rings is 2. The fourth-order valence-corrected chi connectivity index (χ4v) is 2.14. The van der Waals surface area contributed by atoms with E-state index >= 15 is 0 Å². The molecule has 2 amide bonds. The van der Waals surface area contributed by atoms with E-state index in [4.69, 9.17) is 32.7 Å². The second-order valence-corrected chi connectivity index (χ2v) is 5.42. The number of amides is 2. The van der Waals surface area contributed by atoms with Gasteiger partial charge in [0.25, 0.3) is 0 Å². The van der Waals surface area contributed by atoms with E-state index in [9.17, 15) is 9.59 Å². The van der Waals surface area contributed by atoms with Crippen LogP contribution in [0.5, 0.6) is 11.5 Å². The minimum Gasteiger partial charge on any atom is -0.497 e. The van der Waals surface area contributed by atoms with E-state index in [1.807, 2.05) is 0 Å². The topological polar surface area (TPSA) is 76.7 Å². The summed E-state index contributed by atoms with van der Waals surface area (Å²) in [6.45, 7) is 0. The predicted octanol–water partition coefficient (Wildman–Crippen LogP) is 3.59. The Morgan fingerprint density at radius 2 is 1.58 bits per heavy atom. The minimum absolute atomic E-state index is 0.270. The van der Waals surface area contributed by atoms with Crippen molar-refractivity contribution in [3.8, 4) is 11.5 Å². The third kappa shape index (κ3) is 4.31. The molecule has 6 nitrogen and oxygen atoms in total. The molecule has 0 aromatic heterocycles. The van der Waals surface area contributed by atoms with E-state index in [0.717, 1.165) is 0 Å². The van der Waals surface area contributed by atoms with Crippen LogP contribution in [-0.4, -0.2) is 26.0 Å². The van der Waals surface area contributed by atoms with Crippen molar-refractivity contribution in [1.82, 2.24) is 0 Å². The van der Waals surface area contributed by atoms with Crippen LogP contribution < -0.4 is 20.1 Å². The standard InChI is InChI=1S/C16H14Cl2N2O4/c1-23-10-4-6-13(14(8-10)24-2)20-16(22)15(21)19-9-3-5-11(17)12(18)7-9/h3-8H,1-2H3,(H,19,21)(H,20,22). The third-order valence-corrected chi connectivity index (χ3v) is 3.78. The van der Waals surface area contributed by atoms with Crippen LogP contribution in [-0.2, 0) is 9.59 Å². The number of nitrogens with one attached hydrogen (secondary N) is 2. The van der Waals surface area contributed by atoms with Crippen LogP contribution in [0.25, 0.3) is 0 Å². The molecule has 0 saturated carbocycles. The highest BCUT2D eigenvalue weighted by molar-refractivity contribution is 6.44. The minimum atomic E-state index is -0.857. The monoisotopic (exact) mass is 368 g/mol. The highest BCUT2D eigenvalue weighted by atomic mass is 35.5. The smallest absolute Gasteiger partial charge is 0.314 e. The van der Waals surface area contributed by atoms with Gasteiger partial charge in [-0.2, -0.15) is 0 Å². The number of anilines is 2. The molecular weight excluding hydrogens is 355 g/mol. The molecule has 0 saturated heterocycles. The average molecular weight is 369 g/mol. The molecule has 8 heteroatoms. The van der Waals surface area contributed by atoms with Gasteiger partial charge in [-0.25, -0.2) is 0 Å². The highest BCUT2D eigenvalue weighted by Gasteiger charge is 2.17. The molecule has 0 bridgehead atoms. The van der Waals surface area contributed by atoms with Crippen LogP contribution in [0.3, 0.4) is 0 Å². The first-order chi connectivity index (χ1) is 11.4. The maximum absolute atomic E-state index is 12.0. The van der Waals surface area contributed by atoms with Crippen molar-refractivity contribution in [2.75, 3.05) is 24.9 Å². The number of rotatable bonds is 4.